The van der Waals surface area contributed by atoms with Crippen LogP contribution in [0.15, 0.2) is 28.9 Å². The van der Waals surface area contributed by atoms with E-state index in [9.17, 15) is 5.11 Å². The molecule has 1 aromatic heterocycles. The molecule has 21 heavy (non-hydrogen) atoms. The van der Waals surface area contributed by atoms with Crippen LogP contribution < -0.4 is 4.74 Å². The van der Waals surface area contributed by atoms with Crippen molar-refractivity contribution in [1.29, 1.82) is 0 Å². The Bertz CT molecular complexity index is 661. The number of benzene rings is 1. The maximum atomic E-state index is 10.5. The second-order valence-electron chi connectivity index (χ2n) is 4.93. The maximum absolute atomic E-state index is 10.5. The van der Waals surface area contributed by atoms with E-state index < -0.39 is 6.10 Å². The highest BCUT2D eigenvalue weighted by atomic mass is 127. The first-order valence-corrected chi connectivity index (χ1v) is 8.43. The summed E-state index contributed by atoms with van der Waals surface area (Å²) in [5.41, 5.74) is 3.76. The fraction of sp³-hybridized carbons (Fsp3) is 0.312. The summed E-state index contributed by atoms with van der Waals surface area (Å²) in [5, 5.41) is 10.5. The van der Waals surface area contributed by atoms with E-state index in [0.717, 1.165) is 36.2 Å². The van der Waals surface area contributed by atoms with E-state index in [0.29, 0.717) is 6.42 Å². The molecule has 5 heteroatoms. The molecule has 3 nitrogen and oxygen atoms in total. The third-order valence-electron chi connectivity index (χ3n) is 3.45. The van der Waals surface area contributed by atoms with Crippen molar-refractivity contribution in [3.05, 3.63) is 54.8 Å². The molecule has 0 fully saturated rings. The number of pyridine rings is 1. The Morgan fingerprint density at radius 1 is 1.38 bits per heavy atom. The number of hydrogen-bond donors (Lipinski definition) is 1. The molecule has 1 aromatic carbocycles. The topological polar surface area (TPSA) is 42.4 Å². The van der Waals surface area contributed by atoms with E-state index in [1.54, 1.807) is 13.3 Å². The van der Waals surface area contributed by atoms with Crippen molar-refractivity contribution in [3.63, 3.8) is 0 Å². The van der Waals surface area contributed by atoms with Gasteiger partial charge in [0, 0.05) is 37.5 Å². The van der Waals surface area contributed by atoms with Crippen LogP contribution in [0.25, 0.3) is 0 Å². The molecule has 2 rings (SSSR count). The zero-order chi connectivity index (χ0) is 15.6. The molecule has 0 aliphatic carbocycles. The number of ether oxygens (including phenoxy) is 1. The van der Waals surface area contributed by atoms with E-state index >= 15 is 0 Å². The van der Waals surface area contributed by atoms with Gasteiger partial charge in [-0.05, 0) is 60.2 Å². The number of nitrogens with zero attached hydrogens (tertiary/aromatic N) is 1. The number of rotatable bonds is 4. The number of methoxy groups -OCH3 is 1. The van der Waals surface area contributed by atoms with E-state index in [4.69, 9.17) is 4.74 Å². The van der Waals surface area contributed by atoms with Gasteiger partial charge in [-0.2, -0.15) is 0 Å². The van der Waals surface area contributed by atoms with E-state index in [-0.39, 0.29) is 0 Å². The predicted molar refractivity (Wildman–Crippen MR) is 95.8 cm³/mol. The zero-order valence-corrected chi connectivity index (χ0v) is 15.9. The molecule has 0 bridgehead atoms. The van der Waals surface area contributed by atoms with Gasteiger partial charge in [0.1, 0.15) is 5.75 Å². The Labute approximate surface area is 147 Å². The van der Waals surface area contributed by atoms with Crippen LogP contribution in [0, 0.1) is 17.4 Å². The van der Waals surface area contributed by atoms with Crippen molar-refractivity contribution in [2.45, 2.75) is 26.4 Å². The summed E-state index contributed by atoms with van der Waals surface area (Å²) < 4.78 is 7.42. The third kappa shape index (κ3) is 3.76. The van der Waals surface area contributed by atoms with Crippen LogP contribution >= 0.6 is 38.5 Å². The van der Waals surface area contributed by atoms with Gasteiger partial charge in [0.05, 0.1) is 13.2 Å². The Hall–Kier alpha value is -0.660. The van der Waals surface area contributed by atoms with Crippen molar-refractivity contribution >= 4 is 38.5 Å². The summed E-state index contributed by atoms with van der Waals surface area (Å²) in [5.74, 6) is 0.844. The highest BCUT2D eigenvalue weighted by Gasteiger charge is 2.17. The normalized spacial score (nSPS) is 12.3. The average molecular weight is 462 g/mol. The highest BCUT2D eigenvalue weighted by molar-refractivity contribution is 14.1. The molecular formula is C16H17BrINO2. The molecule has 0 spiro atoms. The molecule has 1 N–H and O–H groups in total. The fourth-order valence-corrected chi connectivity index (χ4v) is 3.41. The van der Waals surface area contributed by atoms with Crippen molar-refractivity contribution in [1.82, 2.24) is 4.98 Å². The third-order valence-corrected chi connectivity index (χ3v) is 4.93. The molecule has 0 aliphatic rings. The second kappa shape index (κ2) is 7.07. The van der Waals surface area contributed by atoms with Gasteiger partial charge >= 0.3 is 0 Å². The van der Waals surface area contributed by atoms with Gasteiger partial charge in [0.2, 0.25) is 0 Å². The summed E-state index contributed by atoms with van der Waals surface area (Å²) in [4.78, 5) is 4.45. The largest absolute Gasteiger partial charge is 0.496 e. The van der Waals surface area contributed by atoms with E-state index in [1.807, 2.05) is 32.0 Å². The molecule has 1 atom stereocenters. The first-order chi connectivity index (χ1) is 9.93. The van der Waals surface area contributed by atoms with Gasteiger partial charge in [-0.1, -0.05) is 15.9 Å². The number of aromatic nitrogens is 1. The first-order valence-electron chi connectivity index (χ1n) is 6.56. The van der Waals surface area contributed by atoms with Crippen molar-refractivity contribution in [2.75, 3.05) is 7.11 Å². The number of aliphatic hydroxyl groups excluding tert-OH is 1. The lowest BCUT2D eigenvalue weighted by molar-refractivity contribution is 0.176. The van der Waals surface area contributed by atoms with Crippen LogP contribution in [0.2, 0.25) is 0 Å². The zero-order valence-electron chi connectivity index (χ0n) is 12.2. The monoisotopic (exact) mass is 461 g/mol. The van der Waals surface area contributed by atoms with Crippen LogP contribution in [-0.2, 0) is 6.42 Å². The predicted octanol–water partition coefficient (Wildman–Crippen LogP) is 4.35. The van der Waals surface area contributed by atoms with Crippen LogP contribution in [0.5, 0.6) is 5.75 Å². The fourth-order valence-electron chi connectivity index (χ4n) is 2.34. The van der Waals surface area contributed by atoms with Crippen LogP contribution in [0.4, 0.5) is 0 Å². The average Bonchev–Trinajstić information content (AvgIpc) is 2.45. The van der Waals surface area contributed by atoms with E-state index in [2.05, 4.69) is 43.5 Å². The highest BCUT2D eigenvalue weighted by Crippen LogP contribution is 2.30. The van der Waals surface area contributed by atoms with Gasteiger partial charge in [0.25, 0.3) is 0 Å². The molecule has 1 heterocycles. The second-order valence-corrected chi connectivity index (χ2v) is 7.01. The number of aliphatic hydroxyl groups is 1. The van der Waals surface area contributed by atoms with Gasteiger partial charge in [0.15, 0.2) is 0 Å². The van der Waals surface area contributed by atoms with Crippen molar-refractivity contribution in [2.24, 2.45) is 0 Å². The lowest BCUT2D eigenvalue weighted by Gasteiger charge is -2.16. The summed E-state index contributed by atoms with van der Waals surface area (Å²) in [7, 11) is 1.66. The Morgan fingerprint density at radius 2 is 2.10 bits per heavy atom. The summed E-state index contributed by atoms with van der Waals surface area (Å²) in [6.07, 6.45) is 1.67. The maximum Gasteiger partial charge on any atom is 0.128 e. The lowest BCUT2D eigenvalue weighted by atomic mass is 10.0. The Morgan fingerprint density at radius 3 is 2.76 bits per heavy atom. The molecule has 1 unspecified atom stereocenters. The van der Waals surface area contributed by atoms with Crippen LogP contribution in [0.3, 0.4) is 0 Å². The Balaban J connectivity index is 2.32. The van der Waals surface area contributed by atoms with Gasteiger partial charge in [-0.3, -0.25) is 4.98 Å². The molecule has 0 radical (unpaired) electrons. The van der Waals surface area contributed by atoms with Crippen LogP contribution in [-0.4, -0.2) is 17.2 Å². The molecule has 0 saturated carbocycles. The minimum Gasteiger partial charge on any atom is -0.496 e. The summed E-state index contributed by atoms with van der Waals surface area (Å²) in [6, 6.07) is 5.91. The van der Waals surface area contributed by atoms with Crippen LogP contribution in [0.1, 0.15) is 28.5 Å². The molecule has 112 valence electrons. The van der Waals surface area contributed by atoms with Crippen molar-refractivity contribution < 1.29 is 9.84 Å². The first kappa shape index (κ1) is 16.7. The summed E-state index contributed by atoms with van der Waals surface area (Å²) in [6.45, 7) is 3.95. The molecular weight excluding hydrogens is 445 g/mol. The quantitative estimate of drug-likeness (QED) is 0.688. The number of halogens is 2. The minimum absolute atomic E-state index is 0.467. The van der Waals surface area contributed by atoms with Crippen molar-refractivity contribution in [3.8, 4) is 5.75 Å². The molecule has 0 saturated heterocycles. The molecule has 2 aromatic rings. The van der Waals surface area contributed by atoms with Gasteiger partial charge < -0.3 is 9.84 Å². The molecule has 0 amide bonds. The number of aryl methyl sites for hydroxylation is 1. The van der Waals surface area contributed by atoms with E-state index in [1.165, 1.54) is 0 Å². The smallest absolute Gasteiger partial charge is 0.128 e. The van der Waals surface area contributed by atoms with Gasteiger partial charge in [-0.25, -0.2) is 0 Å². The number of hydrogen-bond acceptors (Lipinski definition) is 3. The summed E-state index contributed by atoms with van der Waals surface area (Å²) >= 11 is 5.68. The minimum atomic E-state index is -0.590. The Kier molecular flexibility index (Phi) is 5.62. The molecule has 0 aliphatic heterocycles. The SMILES string of the molecule is COc1c(C)cnc(CC(O)c2cc(Br)ccc2I)c1C. The standard InChI is InChI=1S/C16H17BrINO2/c1-9-8-19-14(10(2)16(9)21-3)7-15(20)12-6-11(17)4-5-13(12)18/h4-6,8,15,20H,7H2,1-3H3. The van der Waals surface area contributed by atoms with Gasteiger partial charge in [-0.15, -0.1) is 0 Å². The lowest BCUT2D eigenvalue weighted by Crippen LogP contribution is -2.08.